The van der Waals surface area contributed by atoms with E-state index >= 15 is 0 Å². The summed E-state index contributed by atoms with van der Waals surface area (Å²) in [6.07, 6.45) is 5.25. The van der Waals surface area contributed by atoms with E-state index in [1.807, 2.05) is 59.2 Å². The number of amides is 1. The molecule has 4 nitrogen and oxygen atoms in total. The summed E-state index contributed by atoms with van der Waals surface area (Å²) < 4.78 is 2.01. The van der Waals surface area contributed by atoms with Gasteiger partial charge in [-0.25, -0.2) is 0 Å². The molecule has 1 unspecified atom stereocenters. The molecule has 2 heterocycles. The monoisotopic (exact) mass is 384 g/mol. The van der Waals surface area contributed by atoms with Gasteiger partial charge in [0.1, 0.15) is 0 Å². The number of nitrogens with zero attached hydrogens (tertiary/aromatic N) is 1. The summed E-state index contributed by atoms with van der Waals surface area (Å²) in [6.45, 7) is 0.696. The maximum atomic E-state index is 13.1. The van der Waals surface area contributed by atoms with Gasteiger partial charge in [-0.05, 0) is 61.4 Å². The lowest BCUT2D eigenvalue weighted by atomic mass is 9.90. The third kappa shape index (κ3) is 3.19. The average Bonchev–Trinajstić information content (AvgIpc) is 3.36. The van der Waals surface area contributed by atoms with Crippen molar-refractivity contribution in [1.82, 2.24) is 4.57 Å². The first-order chi connectivity index (χ1) is 14.2. The van der Waals surface area contributed by atoms with Gasteiger partial charge in [-0.1, -0.05) is 42.5 Å². The molecular weight excluding hydrogens is 360 g/mol. The number of ketones is 1. The molecular formula is C25H24N2O2. The Hall–Kier alpha value is -3.14. The molecule has 29 heavy (non-hydrogen) atoms. The Kier molecular flexibility index (Phi) is 4.55. The Morgan fingerprint density at radius 3 is 2.59 bits per heavy atom. The molecule has 0 spiro atoms. The summed E-state index contributed by atoms with van der Waals surface area (Å²) in [7, 11) is 0. The Balaban J connectivity index is 1.38. The van der Waals surface area contributed by atoms with E-state index < -0.39 is 0 Å². The minimum absolute atomic E-state index is 0.00929. The highest BCUT2D eigenvalue weighted by molar-refractivity contribution is 6.08. The summed E-state index contributed by atoms with van der Waals surface area (Å²) in [5.41, 5.74) is 5.89. The van der Waals surface area contributed by atoms with E-state index in [1.165, 1.54) is 24.0 Å². The molecule has 2 aromatic carbocycles. The number of carbonyl (C=O) groups excluding carboxylic acids is 2. The largest absolute Gasteiger partial charge is 0.341 e. The van der Waals surface area contributed by atoms with Gasteiger partial charge >= 0.3 is 0 Å². The van der Waals surface area contributed by atoms with Gasteiger partial charge < -0.3 is 9.88 Å². The van der Waals surface area contributed by atoms with Gasteiger partial charge in [0.2, 0.25) is 11.7 Å². The smallest absolute Gasteiger partial charge is 0.233 e. The number of carbonyl (C=O) groups is 2. The molecule has 146 valence electrons. The fourth-order valence-electron chi connectivity index (χ4n) is 4.76. The number of anilines is 1. The van der Waals surface area contributed by atoms with Crippen LogP contribution in [0.15, 0.2) is 60.7 Å². The van der Waals surface area contributed by atoms with E-state index in [2.05, 4.69) is 11.4 Å². The fraction of sp³-hybridized carbons (Fsp3) is 0.280. The number of hydrogen-bond donors (Lipinski definition) is 1. The van der Waals surface area contributed by atoms with Crippen LogP contribution in [-0.4, -0.2) is 16.3 Å². The molecule has 2 aliphatic rings. The van der Waals surface area contributed by atoms with Crippen LogP contribution in [0.2, 0.25) is 0 Å². The minimum Gasteiger partial charge on any atom is -0.341 e. The Labute approximate surface area is 170 Å². The third-order valence-electron chi connectivity index (χ3n) is 6.25. The summed E-state index contributed by atoms with van der Waals surface area (Å²) in [6, 6.07) is 19.3. The lowest BCUT2D eigenvalue weighted by Crippen LogP contribution is -2.21. The second-order valence-corrected chi connectivity index (χ2v) is 7.97. The fourth-order valence-corrected chi connectivity index (χ4v) is 4.76. The van der Waals surface area contributed by atoms with Gasteiger partial charge in [-0.2, -0.15) is 0 Å². The first-order valence-corrected chi connectivity index (χ1v) is 10.4. The quantitative estimate of drug-likeness (QED) is 0.662. The molecule has 1 aliphatic heterocycles. The number of nitrogens with one attached hydrogen (secondary N) is 1. The topological polar surface area (TPSA) is 51.1 Å². The Bertz CT molecular complexity index is 1080. The van der Waals surface area contributed by atoms with Crippen molar-refractivity contribution in [2.24, 2.45) is 0 Å². The van der Waals surface area contributed by atoms with Gasteiger partial charge in [0.15, 0.2) is 0 Å². The van der Waals surface area contributed by atoms with Gasteiger partial charge in [-0.3, -0.25) is 9.59 Å². The molecule has 0 saturated heterocycles. The van der Waals surface area contributed by atoms with Crippen molar-refractivity contribution in [3.8, 4) is 0 Å². The number of benzene rings is 2. The van der Waals surface area contributed by atoms with E-state index in [1.54, 1.807) is 0 Å². The van der Waals surface area contributed by atoms with Gasteiger partial charge in [0, 0.05) is 23.5 Å². The van der Waals surface area contributed by atoms with Crippen LogP contribution in [0.1, 0.15) is 58.1 Å². The molecule has 0 bridgehead atoms. The average molecular weight is 384 g/mol. The van der Waals surface area contributed by atoms with E-state index in [-0.39, 0.29) is 17.6 Å². The van der Waals surface area contributed by atoms with E-state index in [0.29, 0.717) is 17.8 Å². The molecule has 1 atom stereocenters. The minimum atomic E-state index is -0.216. The van der Waals surface area contributed by atoms with Crippen molar-refractivity contribution in [1.29, 1.82) is 0 Å². The maximum absolute atomic E-state index is 13.1. The summed E-state index contributed by atoms with van der Waals surface area (Å²) >= 11 is 0. The molecule has 1 aromatic heterocycles. The second kappa shape index (κ2) is 7.36. The van der Waals surface area contributed by atoms with Crippen LogP contribution < -0.4 is 5.32 Å². The van der Waals surface area contributed by atoms with Crippen molar-refractivity contribution in [3.05, 3.63) is 88.7 Å². The van der Waals surface area contributed by atoms with Crippen LogP contribution in [0.25, 0.3) is 0 Å². The predicted octanol–water partition coefficient (Wildman–Crippen LogP) is 4.72. The van der Waals surface area contributed by atoms with Crippen molar-refractivity contribution >= 4 is 17.4 Å². The van der Waals surface area contributed by atoms with Crippen LogP contribution in [0, 0.1) is 0 Å². The van der Waals surface area contributed by atoms with Crippen molar-refractivity contribution in [2.45, 2.75) is 44.6 Å². The molecule has 0 fully saturated rings. The van der Waals surface area contributed by atoms with Crippen LogP contribution in [0.4, 0.5) is 5.69 Å². The zero-order chi connectivity index (χ0) is 19.8. The SMILES string of the molecule is O=C(c1ccccc1)c1ccc2n1CCC2C(=O)Nc1cccc2c1CCCC2. The molecule has 0 radical (unpaired) electrons. The second-order valence-electron chi connectivity index (χ2n) is 7.97. The zero-order valence-electron chi connectivity index (χ0n) is 16.4. The normalized spacial score (nSPS) is 17.4. The Morgan fingerprint density at radius 2 is 1.72 bits per heavy atom. The van der Waals surface area contributed by atoms with Gasteiger partial charge in [0.05, 0.1) is 11.6 Å². The van der Waals surface area contributed by atoms with Crippen molar-refractivity contribution < 1.29 is 9.59 Å². The highest BCUT2D eigenvalue weighted by Crippen LogP contribution is 2.34. The molecule has 3 aromatic rings. The van der Waals surface area contributed by atoms with Crippen molar-refractivity contribution in [2.75, 3.05) is 5.32 Å². The summed E-state index contributed by atoms with van der Waals surface area (Å²) in [5, 5.41) is 3.19. The molecule has 5 rings (SSSR count). The molecule has 1 aliphatic carbocycles. The Morgan fingerprint density at radius 1 is 0.897 bits per heavy atom. The maximum Gasteiger partial charge on any atom is 0.233 e. The standard InChI is InChI=1S/C25H24N2O2/c28-24(18-8-2-1-3-9-18)23-14-13-22-20(15-16-27(22)23)25(29)26-21-12-6-10-17-7-4-5-11-19(17)21/h1-3,6,8-10,12-14,20H,4-5,7,11,15-16H2,(H,26,29). The van der Waals surface area contributed by atoms with E-state index in [4.69, 9.17) is 0 Å². The zero-order valence-corrected chi connectivity index (χ0v) is 16.4. The molecule has 1 N–H and O–H groups in total. The highest BCUT2D eigenvalue weighted by Gasteiger charge is 2.32. The summed E-state index contributed by atoms with van der Waals surface area (Å²) in [4.78, 5) is 26.0. The molecule has 1 amide bonds. The lowest BCUT2D eigenvalue weighted by Gasteiger charge is -2.20. The first-order valence-electron chi connectivity index (χ1n) is 10.4. The first kappa shape index (κ1) is 17.9. The van der Waals surface area contributed by atoms with Crippen LogP contribution in [0.3, 0.4) is 0 Å². The molecule has 4 heteroatoms. The van der Waals surface area contributed by atoms with Crippen molar-refractivity contribution in [3.63, 3.8) is 0 Å². The summed E-state index contributed by atoms with van der Waals surface area (Å²) in [5.74, 6) is -0.179. The number of rotatable bonds is 4. The number of fused-ring (bicyclic) bond motifs is 2. The predicted molar refractivity (Wildman–Crippen MR) is 113 cm³/mol. The van der Waals surface area contributed by atoms with Crippen LogP contribution >= 0.6 is 0 Å². The number of aromatic nitrogens is 1. The van der Waals surface area contributed by atoms with Crippen LogP contribution in [-0.2, 0) is 24.2 Å². The van der Waals surface area contributed by atoms with E-state index in [9.17, 15) is 9.59 Å². The van der Waals surface area contributed by atoms with Gasteiger partial charge in [-0.15, -0.1) is 0 Å². The van der Waals surface area contributed by atoms with Gasteiger partial charge in [0.25, 0.3) is 0 Å². The lowest BCUT2D eigenvalue weighted by molar-refractivity contribution is -0.117. The van der Waals surface area contributed by atoms with E-state index in [0.717, 1.165) is 30.6 Å². The number of aryl methyl sites for hydroxylation is 1. The third-order valence-corrected chi connectivity index (χ3v) is 6.25. The van der Waals surface area contributed by atoms with Crippen LogP contribution in [0.5, 0.6) is 0 Å². The highest BCUT2D eigenvalue weighted by atomic mass is 16.2. The number of hydrogen-bond acceptors (Lipinski definition) is 2. The molecule has 0 saturated carbocycles.